The minimum absolute atomic E-state index is 0.207. The Kier molecular flexibility index (Phi) is 7.91. The summed E-state index contributed by atoms with van der Waals surface area (Å²) in [5, 5.41) is 0. The molecular weight excluding hydrogens is 226 g/mol. The Morgan fingerprint density at radius 3 is 2.71 bits per heavy atom. The third kappa shape index (κ3) is 7.27. The van der Waals surface area contributed by atoms with E-state index in [0.29, 0.717) is 33.0 Å². The van der Waals surface area contributed by atoms with E-state index in [1.807, 2.05) is 0 Å². The molecule has 17 heavy (non-hydrogen) atoms. The fraction of sp³-hybridized carbons (Fsp3) is 0.909. The van der Waals surface area contributed by atoms with Crippen molar-refractivity contribution in [3.05, 3.63) is 0 Å². The van der Waals surface area contributed by atoms with Crippen LogP contribution in [-0.4, -0.2) is 65.9 Å². The van der Waals surface area contributed by atoms with Gasteiger partial charge in [-0.15, -0.1) is 0 Å². The van der Waals surface area contributed by atoms with Gasteiger partial charge in [-0.25, -0.2) is 0 Å². The van der Waals surface area contributed by atoms with Gasteiger partial charge in [-0.2, -0.15) is 0 Å². The second kappa shape index (κ2) is 9.35. The number of ether oxygens (including phenoxy) is 4. The first kappa shape index (κ1) is 14.4. The molecule has 0 bridgehead atoms. The third-order valence-electron chi connectivity index (χ3n) is 2.52. The molecule has 6 nitrogen and oxygen atoms in total. The summed E-state index contributed by atoms with van der Waals surface area (Å²) < 4.78 is 20.4. The van der Waals surface area contributed by atoms with Crippen LogP contribution in [0.3, 0.4) is 0 Å². The summed E-state index contributed by atoms with van der Waals surface area (Å²) in [6.45, 7) is 5.17. The van der Waals surface area contributed by atoms with Gasteiger partial charge in [0.1, 0.15) is 13.1 Å². The fourth-order valence-corrected chi connectivity index (χ4v) is 1.46. The number of rotatable bonds is 8. The summed E-state index contributed by atoms with van der Waals surface area (Å²) in [4.78, 5) is 12.6. The van der Waals surface area contributed by atoms with Crippen LogP contribution in [0.4, 0.5) is 0 Å². The van der Waals surface area contributed by atoms with E-state index >= 15 is 0 Å². The Morgan fingerprint density at radius 1 is 1.24 bits per heavy atom. The smallest absolute Gasteiger partial charge is 0.312 e. The number of quaternary nitrogens is 1. The van der Waals surface area contributed by atoms with E-state index in [-0.39, 0.29) is 5.97 Å². The quantitative estimate of drug-likeness (QED) is 0.416. The zero-order chi connectivity index (χ0) is 12.3. The number of esters is 1. The van der Waals surface area contributed by atoms with Gasteiger partial charge in [-0.1, -0.05) is 0 Å². The molecule has 100 valence electrons. The number of carbonyl (C=O) groups is 1. The zero-order valence-corrected chi connectivity index (χ0v) is 10.4. The molecule has 1 saturated heterocycles. The van der Waals surface area contributed by atoms with Crippen molar-refractivity contribution in [2.24, 2.45) is 0 Å². The largest absolute Gasteiger partial charge is 0.415 e. The highest BCUT2D eigenvalue weighted by molar-refractivity contribution is 5.69. The molecule has 0 spiro atoms. The van der Waals surface area contributed by atoms with Gasteiger partial charge in [0.25, 0.3) is 0 Å². The Labute approximate surface area is 102 Å². The maximum Gasteiger partial charge on any atom is 0.312 e. The normalized spacial score (nSPS) is 17.0. The number of nitrogens with one attached hydrogen (secondary N) is 1. The van der Waals surface area contributed by atoms with E-state index in [0.717, 1.165) is 26.3 Å². The zero-order valence-electron chi connectivity index (χ0n) is 10.4. The molecule has 1 aliphatic rings. The van der Waals surface area contributed by atoms with E-state index in [1.165, 1.54) is 4.90 Å². The number of methoxy groups -OCH3 is 1. The highest BCUT2D eigenvalue weighted by Gasteiger charge is 2.15. The molecule has 6 heteroatoms. The molecule has 1 fully saturated rings. The van der Waals surface area contributed by atoms with Crippen molar-refractivity contribution < 1.29 is 28.6 Å². The van der Waals surface area contributed by atoms with Gasteiger partial charge in [0.05, 0.1) is 39.5 Å². The second-order valence-corrected chi connectivity index (χ2v) is 3.88. The minimum atomic E-state index is -0.207. The van der Waals surface area contributed by atoms with Gasteiger partial charge in [0.2, 0.25) is 6.73 Å². The number of morpholine rings is 1. The van der Waals surface area contributed by atoms with Crippen molar-refractivity contribution in [1.29, 1.82) is 0 Å². The molecule has 0 amide bonds. The summed E-state index contributed by atoms with van der Waals surface area (Å²) in [5.41, 5.74) is 0. The van der Waals surface area contributed by atoms with Gasteiger partial charge in [0.15, 0.2) is 0 Å². The topological polar surface area (TPSA) is 58.4 Å². The second-order valence-electron chi connectivity index (χ2n) is 3.88. The average Bonchev–Trinajstić information content (AvgIpc) is 2.37. The SMILES string of the molecule is COCCOCCC(=O)OC[NH+]1CCOCC1. The van der Waals surface area contributed by atoms with E-state index in [9.17, 15) is 4.79 Å². The lowest BCUT2D eigenvalue weighted by Gasteiger charge is -2.22. The Morgan fingerprint density at radius 2 is 2.00 bits per heavy atom. The van der Waals surface area contributed by atoms with Crippen LogP contribution < -0.4 is 4.90 Å². The number of hydrogen-bond donors (Lipinski definition) is 1. The van der Waals surface area contributed by atoms with E-state index in [4.69, 9.17) is 18.9 Å². The van der Waals surface area contributed by atoms with Gasteiger partial charge >= 0.3 is 5.97 Å². The van der Waals surface area contributed by atoms with E-state index in [1.54, 1.807) is 7.11 Å². The van der Waals surface area contributed by atoms with E-state index in [2.05, 4.69) is 0 Å². The first-order chi connectivity index (χ1) is 8.33. The molecule has 0 aromatic heterocycles. The molecule has 1 N–H and O–H groups in total. The van der Waals surface area contributed by atoms with Gasteiger partial charge < -0.3 is 18.9 Å². The average molecular weight is 248 g/mol. The molecule has 0 aromatic rings. The molecule has 0 aliphatic carbocycles. The summed E-state index contributed by atoms with van der Waals surface area (Å²) in [7, 11) is 1.61. The summed E-state index contributed by atoms with van der Waals surface area (Å²) >= 11 is 0. The number of carbonyl (C=O) groups excluding carboxylic acids is 1. The Balaban J connectivity index is 1.93. The van der Waals surface area contributed by atoms with Crippen LogP contribution in [0.25, 0.3) is 0 Å². The highest BCUT2D eigenvalue weighted by Crippen LogP contribution is 1.87. The van der Waals surface area contributed by atoms with Crippen LogP contribution in [-0.2, 0) is 23.7 Å². The van der Waals surface area contributed by atoms with Crippen molar-refractivity contribution in [3.8, 4) is 0 Å². The van der Waals surface area contributed by atoms with Crippen LogP contribution in [0, 0.1) is 0 Å². The van der Waals surface area contributed by atoms with Crippen LogP contribution in [0.1, 0.15) is 6.42 Å². The van der Waals surface area contributed by atoms with Crippen molar-refractivity contribution >= 4 is 5.97 Å². The molecule has 0 aromatic carbocycles. The molecule has 0 saturated carbocycles. The van der Waals surface area contributed by atoms with Gasteiger partial charge in [0, 0.05) is 7.11 Å². The van der Waals surface area contributed by atoms with Crippen LogP contribution in [0.2, 0.25) is 0 Å². The lowest BCUT2D eigenvalue weighted by atomic mass is 10.4. The summed E-state index contributed by atoms with van der Waals surface area (Å²) in [6.07, 6.45) is 0.299. The third-order valence-corrected chi connectivity index (χ3v) is 2.52. The predicted octanol–water partition coefficient (Wildman–Crippen LogP) is -1.54. The number of hydrogen-bond acceptors (Lipinski definition) is 5. The molecular formula is C11H22NO5+. The van der Waals surface area contributed by atoms with E-state index < -0.39 is 0 Å². The van der Waals surface area contributed by atoms with Crippen molar-refractivity contribution in [3.63, 3.8) is 0 Å². The summed E-state index contributed by atoms with van der Waals surface area (Å²) in [5.74, 6) is -0.207. The standard InChI is InChI=1S/C11H21NO5/c1-14-8-9-15-5-2-11(13)17-10-12-3-6-16-7-4-12/h2-10H2,1H3/p+1. The maximum atomic E-state index is 11.3. The fourth-order valence-electron chi connectivity index (χ4n) is 1.46. The van der Waals surface area contributed by atoms with Gasteiger partial charge in [-0.3, -0.25) is 9.69 Å². The van der Waals surface area contributed by atoms with Crippen LogP contribution in [0.15, 0.2) is 0 Å². The van der Waals surface area contributed by atoms with Crippen molar-refractivity contribution in [2.45, 2.75) is 6.42 Å². The minimum Gasteiger partial charge on any atom is -0.415 e. The summed E-state index contributed by atoms with van der Waals surface area (Å²) in [6, 6.07) is 0. The maximum absolute atomic E-state index is 11.3. The van der Waals surface area contributed by atoms with Crippen LogP contribution >= 0.6 is 0 Å². The lowest BCUT2D eigenvalue weighted by molar-refractivity contribution is -0.924. The lowest BCUT2D eigenvalue weighted by Crippen LogP contribution is -3.14. The Bertz CT molecular complexity index is 206. The first-order valence-corrected chi connectivity index (χ1v) is 5.96. The first-order valence-electron chi connectivity index (χ1n) is 5.96. The Hall–Kier alpha value is -0.690. The monoisotopic (exact) mass is 248 g/mol. The predicted molar refractivity (Wildman–Crippen MR) is 59.8 cm³/mol. The van der Waals surface area contributed by atoms with Crippen molar-refractivity contribution in [2.75, 3.05) is 60.0 Å². The highest BCUT2D eigenvalue weighted by atomic mass is 16.6. The molecule has 0 radical (unpaired) electrons. The molecule has 0 unspecified atom stereocenters. The molecule has 1 heterocycles. The van der Waals surface area contributed by atoms with Crippen LogP contribution in [0.5, 0.6) is 0 Å². The van der Waals surface area contributed by atoms with Gasteiger partial charge in [-0.05, 0) is 0 Å². The molecule has 0 atom stereocenters. The molecule has 1 aliphatic heterocycles. The van der Waals surface area contributed by atoms with Crippen molar-refractivity contribution in [1.82, 2.24) is 0 Å². The molecule has 1 rings (SSSR count).